The summed E-state index contributed by atoms with van der Waals surface area (Å²) in [5, 5.41) is 20.5. The van der Waals surface area contributed by atoms with Crippen molar-refractivity contribution in [2.24, 2.45) is 0 Å². The van der Waals surface area contributed by atoms with Gasteiger partial charge < -0.3 is 15.5 Å². The van der Waals surface area contributed by atoms with Gasteiger partial charge >= 0.3 is 0 Å². The van der Waals surface area contributed by atoms with Crippen molar-refractivity contribution < 1.29 is 19.4 Å². The van der Waals surface area contributed by atoms with Crippen molar-refractivity contribution in [3.8, 4) is 0 Å². The quantitative estimate of drug-likeness (QED) is 0.641. The number of rotatable bonds is 8. The van der Waals surface area contributed by atoms with E-state index in [4.69, 9.17) is 10.2 Å². The zero-order chi connectivity index (χ0) is 15.0. The molecule has 1 amide bonds. The van der Waals surface area contributed by atoms with Crippen molar-refractivity contribution >= 4 is 5.91 Å². The highest BCUT2D eigenvalue weighted by Gasteiger charge is 2.13. The summed E-state index contributed by atoms with van der Waals surface area (Å²) in [4.78, 5) is 13.5. The van der Waals surface area contributed by atoms with Crippen molar-refractivity contribution in [3.63, 3.8) is 0 Å². The molecule has 1 aromatic carbocycles. The minimum Gasteiger partial charge on any atom is -0.395 e. The third-order valence-corrected chi connectivity index (χ3v) is 2.95. The van der Waals surface area contributed by atoms with Crippen LogP contribution in [0.5, 0.6) is 0 Å². The van der Waals surface area contributed by atoms with Gasteiger partial charge in [0.25, 0.3) is 0 Å². The first-order valence-corrected chi connectivity index (χ1v) is 6.55. The Hall–Kier alpha value is -1.50. The van der Waals surface area contributed by atoms with Crippen LogP contribution >= 0.6 is 0 Å². The molecule has 3 N–H and O–H groups in total. The summed E-state index contributed by atoms with van der Waals surface area (Å²) >= 11 is 0. The normalized spacial score (nSPS) is 12.4. The van der Waals surface area contributed by atoms with Gasteiger partial charge in [-0.05, 0) is 24.6 Å². The molecule has 1 atom stereocenters. The molecule has 0 aliphatic carbocycles. The predicted octanol–water partition coefficient (Wildman–Crippen LogP) is 0.289. The van der Waals surface area contributed by atoms with Crippen LogP contribution in [0.15, 0.2) is 24.3 Å². The number of hydrogen-bond acceptors (Lipinski definition) is 4. The molecule has 0 aliphatic rings. The van der Waals surface area contributed by atoms with Crippen molar-refractivity contribution in [1.29, 1.82) is 0 Å². The number of aliphatic hydroxyl groups is 2. The molecule has 0 spiro atoms. The van der Waals surface area contributed by atoms with Crippen LogP contribution in [0.4, 0.5) is 4.39 Å². The van der Waals surface area contributed by atoms with Crippen molar-refractivity contribution in [2.75, 3.05) is 32.8 Å². The van der Waals surface area contributed by atoms with E-state index >= 15 is 0 Å². The van der Waals surface area contributed by atoms with Gasteiger partial charge in [0.05, 0.1) is 25.8 Å². The van der Waals surface area contributed by atoms with Gasteiger partial charge in [0.15, 0.2) is 0 Å². The number of aliphatic hydroxyl groups excluding tert-OH is 2. The molecular weight excluding hydrogens is 263 g/mol. The van der Waals surface area contributed by atoms with Crippen LogP contribution < -0.4 is 5.32 Å². The molecule has 0 fully saturated rings. The average molecular weight is 284 g/mol. The first-order valence-electron chi connectivity index (χ1n) is 6.55. The summed E-state index contributed by atoms with van der Waals surface area (Å²) in [5.41, 5.74) is 0.815. The van der Waals surface area contributed by atoms with Gasteiger partial charge in [0.1, 0.15) is 5.82 Å². The smallest absolute Gasteiger partial charge is 0.234 e. The number of halogens is 1. The third kappa shape index (κ3) is 5.64. The van der Waals surface area contributed by atoms with Gasteiger partial charge in [-0.1, -0.05) is 12.1 Å². The summed E-state index contributed by atoms with van der Waals surface area (Å²) in [5.74, 6) is -0.520. The molecule has 1 unspecified atom stereocenters. The minimum atomic E-state index is -0.315. The topological polar surface area (TPSA) is 72.8 Å². The van der Waals surface area contributed by atoms with E-state index in [1.54, 1.807) is 17.0 Å². The fourth-order valence-corrected chi connectivity index (χ4v) is 1.88. The molecule has 1 rings (SSSR count). The SMILES string of the molecule is CC(NC(=O)CN(CCO)CCO)c1ccc(F)cc1. The van der Waals surface area contributed by atoms with E-state index in [2.05, 4.69) is 5.32 Å². The fourth-order valence-electron chi connectivity index (χ4n) is 1.88. The lowest BCUT2D eigenvalue weighted by molar-refractivity contribution is -0.123. The zero-order valence-corrected chi connectivity index (χ0v) is 11.6. The molecule has 20 heavy (non-hydrogen) atoms. The summed E-state index contributed by atoms with van der Waals surface area (Å²) in [7, 11) is 0. The lowest BCUT2D eigenvalue weighted by Gasteiger charge is -2.21. The number of nitrogens with zero attached hydrogens (tertiary/aromatic N) is 1. The average Bonchev–Trinajstić information content (AvgIpc) is 2.39. The number of carbonyl (C=O) groups excluding carboxylic acids is 1. The van der Waals surface area contributed by atoms with E-state index in [1.165, 1.54) is 12.1 Å². The molecule has 0 aliphatic heterocycles. The number of nitrogens with one attached hydrogen (secondary N) is 1. The summed E-state index contributed by atoms with van der Waals surface area (Å²) in [6.45, 7) is 2.44. The largest absolute Gasteiger partial charge is 0.395 e. The van der Waals surface area contributed by atoms with Gasteiger partial charge in [0, 0.05) is 13.1 Å². The Morgan fingerprint density at radius 3 is 2.30 bits per heavy atom. The highest BCUT2D eigenvalue weighted by molar-refractivity contribution is 5.78. The first-order chi connectivity index (χ1) is 9.56. The Morgan fingerprint density at radius 2 is 1.80 bits per heavy atom. The van der Waals surface area contributed by atoms with Crippen LogP contribution in [0.25, 0.3) is 0 Å². The monoisotopic (exact) mass is 284 g/mol. The molecule has 0 saturated heterocycles. The molecule has 0 bridgehead atoms. The second kappa shape index (κ2) is 8.63. The predicted molar refractivity (Wildman–Crippen MR) is 73.6 cm³/mol. The minimum absolute atomic E-state index is 0.0687. The molecule has 0 heterocycles. The van der Waals surface area contributed by atoms with Crippen LogP contribution in [0.1, 0.15) is 18.5 Å². The van der Waals surface area contributed by atoms with Gasteiger partial charge in [0.2, 0.25) is 5.91 Å². The highest BCUT2D eigenvalue weighted by Crippen LogP contribution is 2.12. The number of benzene rings is 1. The lowest BCUT2D eigenvalue weighted by Crippen LogP contribution is -2.40. The van der Waals surface area contributed by atoms with E-state index in [0.717, 1.165) is 5.56 Å². The van der Waals surface area contributed by atoms with Crippen LogP contribution in [-0.2, 0) is 4.79 Å². The molecule has 0 radical (unpaired) electrons. The van der Waals surface area contributed by atoms with Gasteiger partial charge in [-0.25, -0.2) is 4.39 Å². The van der Waals surface area contributed by atoms with Gasteiger partial charge in [-0.15, -0.1) is 0 Å². The van der Waals surface area contributed by atoms with Crippen LogP contribution in [0.2, 0.25) is 0 Å². The van der Waals surface area contributed by atoms with E-state index in [1.807, 2.05) is 6.92 Å². The third-order valence-electron chi connectivity index (χ3n) is 2.95. The highest BCUT2D eigenvalue weighted by atomic mass is 19.1. The van der Waals surface area contributed by atoms with Crippen LogP contribution in [0, 0.1) is 5.82 Å². The molecule has 0 aromatic heterocycles. The summed E-state index contributed by atoms with van der Waals surface area (Å²) in [6, 6.07) is 5.72. The Morgan fingerprint density at radius 1 is 1.25 bits per heavy atom. The van der Waals surface area contributed by atoms with E-state index in [0.29, 0.717) is 13.1 Å². The number of hydrogen-bond donors (Lipinski definition) is 3. The summed E-state index contributed by atoms with van der Waals surface area (Å²) < 4.78 is 12.8. The Kier molecular flexibility index (Phi) is 7.14. The van der Waals surface area contributed by atoms with Gasteiger partial charge in [-0.2, -0.15) is 0 Å². The van der Waals surface area contributed by atoms with E-state index < -0.39 is 0 Å². The molecule has 6 heteroatoms. The van der Waals surface area contributed by atoms with Crippen molar-refractivity contribution in [3.05, 3.63) is 35.6 Å². The molecule has 1 aromatic rings. The fraction of sp³-hybridized carbons (Fsp3) is 0.500. The van der Waals surface area contributed by atoms with E-state index in [-0.39, 0.29) is 37.5 Å². The Bertz CT molecular complexity index is 405. The second-order valence-electron chi connectivity index (χ2n) is 4.56. The maximum Gasteiger partial charge on any atom is 0.234 e. The Balaban J connectivity index is 2.49. The standard InChI is InChI=1S/C14H21FN2O3/c1-11(12-2-4-13(15)5-3-12)16-14(20)10-17(6-8-18)7-9-19/h2-5,11,18-19H,6-10H2,1H3,(H,16,20). The summed E-state index contributed by atoms with van der Waals surface area (Å²) in [6.07, 6.45) is 0. The van der Waals surface area contributed by atoms with Crippen LogP contribution in [-0.4, -0.2) is 53.9 Å². The van der Waals surface area contributed by atoms with Crippen molar-refractivity contribution in [2.45, 2.75) is 13.0 Å². The number of amides is 1. The molecule has 112 valence electrons. The molecule has 5 nitrogen and oxygen atoms in total. The zero-order valence-electron chi connectivity index (χ0n) is 11.6. The number of carbonyl (C=O) groups is 1. The van der Waals surface area contributed by atoms with E-state index in [9.17, 15) is 9.18 Å². The van der Waals surface area contributed by atoms with Gasteiger partial charge in [-0.3, -0.25) is 9.69 Å². The second-order valence-corrected chi connectivity index (χ2v) is 4.56. The van der Waals surface area contributed by atoms with Crippen molar-refractivity contribution in [1.82, 2.24) is 10.2 Å². The lowest BCUT2D eigenvalue weighted by atomic mass is 10.1. The molecule has 0 saturated carbocycles. The first kappa shape index (κ1) is 16.6. The van der Waals surface area contributed by atoms with Crippen LogP contribution in [0.3, 0.4) is 0 Å². The maximum absolute atomic E-state index is 12.8. The molecular formula is C14H21FN2O3. The maximum atomic E-state index is 12.8. The Labute approximate surface area is 118 Å².